The number of fused-ring (bicyclic) bond motifs is 3. The molecule has 0 saturated carbocycles. The van der Waals surface area contributed by atoms with E-state index in [1.165, 1.54) is 0 Å². The molecule has 0 atom stereocenters. The number of nitriles is 2. The molecule has 0 radical (unpaired) electrons. The Balaban J connectivity index is 1.14. The van der Waals surface area contributed by atoms with Crippen molar-refractivity contribution in [1.82, 2.24) is 29.5 Å². The van der Waals surface area contributed by atoms with Gasteiger partial charge in [-0.2, -0.15) is 10.5 Å². The lowest BCUT2D eigenvalue weighted by atomic mass is 9.91. The summed E-state index contributed by atoms with van der Waals surface area (Å²) in [6.45, 7) is 0. The van der Waals surface area contributed by atoms with E-state index in [2.05, 4.69) is 89.5 Å². The summed E-state index contributed by atoms with van der Waals surface area (Å²) < 4.78 is 2.34. The number of hydrogen-bond acceptors (Lipinski definition) is 7. The first kappa shape index (κ1) is 42.2. The Labute approximate surface area is 409 Å². The van der Waals surface area contributed by atoms with Gasteiger partial charge in [-0.1, -0.05) is 164 Å². The highest BCUT2D eigenvalue weighted by molar-refractivity contribution is 6.12. The highest BCUT2D eigenvalue weighted by Crippen LogP contribution is 2.45. The second-order valence-corrected chi connectivity index (χ2v) is 17.1. The van der Waals surface area contributed by atoms with Crippen LogP contribution in [0.5, 0.6) is 0 Å². The van der Waals surface area contributed by atoms with Crippen molar-refractivity contribution in [3.05, 3.63) is 242 Å². The molecule has 0 fully saturated rings. The lowest BCUT2D eigenvalue weighted by Gasteiger charge is -2.21. The van der Waals surface area contributed by atoms with Crippen LogP contribution in [-0.2, 0) is 0 Å². The van der Waals surface area contributed by atoms with Crippen molar-refractivity contribution < 1.29 is 0 Å². The number of nitrogens with zero attached hydrogens (tertiary/aromatic N) is 8. The zero-order valence-corrected chi connectivity index (χ0v) is 38.0. The van der Waals surface area contributed by atoms with Crippen LogP contribution in [-0.4, -0.2) is 29.5 Å². The van der Waals surface area contributed by atoms with Crippen LogP contribution in [0.1, 0.15) is 11.1 Å². The van der Waals surface area contributed by atoms with Crippen molar-refractivity contribution in [2.24, 2.45) is 0 Å². The van der Waals surface area contributed by atoms with Crippen LogP contribution < -0.4 is 0 Å². The fraction of sp³-hybridized carbons (Fsp3) is 0. The summed E-state index contributed by atoms with van der Waals surface area (Å²) in [6, 6.07) is 81.6. The van der Waals surface area contributed by atoms with Gasteiger partial charge < -0.3 is 4.57 Å². The van der Waals surface area contributed by atoms with Crippen molar-refractivity contribution in [3.8, 4) is 108 Å². The summed E-state index contributed by atoms with van der Waals surface area (Å²) in [5, 5.41) is 22.0. The number of rotatable bonds is 9. The predicted octanol–water partition coefficient (Wildman–Crippen LogP) is 14.8. The maximum Gasteiger partial charge on any atom is 0.164 e. The maximum absolute atomic E-state index is 9.96. The Morgan fingerprint density at radius 2 is 0.690 bits per heavy atom. The van der Waals surface area contributed by atoms with Crippen LogP contribution >= 0.6 is 0 Å². The maximum atomic E-state index is 9.96. The van der Waals surface area contributed by atoms with Crippen molar-refractivity contribution in [2.45, 2.75) is 0 Å². The quantitative estimate of drug-likeness (QED) is 0.142. The van der Waals surface area contributed by atoms with Gasteiger partial charge >= 0.3 is 0 Å². The molecule has 0 spiro atoms. The topological polar surface area (TPSA) is 117 Å². The van der Waals surface area contributed by atoms with Gasteiger partial charge in [-0.25, -0.2) is 24.9 Å². The molecule has 3 aromatic heterocycles. The zero-order valence-electron chi connectivity index (χ0n) is 38.0. The standard InChI is InChI=1S/C63H38N8/c64-39-41-25-29-43(30-26-41)52-36-50(56-38-55(45-15-5-1-6-16-45)66-60(67-56)46-17-7-2-8-18-46)37-53(44-31-27-42(40-65)28-32-44)59(52)71-57-24-14-13-23-51(57)54-35-49(33-34-58(54)71)63-69-61(47-19-9-3-10-20-47)68-62(70-63)48-21-11-4-12-22-48/h1-38H. The minimum Gasteiger partial charge on any atom is -0.308 e. The smallest absolute Gasteiger partial charge is 0.164 e. The summed E-state index contributed by atoms with van der Waals surface area (Å²) in [7, 11) is 0. The molecule has 0 N–H and O–H groups in total. The molecule has 0 aliphatic heterocycles. The number of aromatic nitrogens is 6. The van der Waals surface area contributed by atoms with Crippen LogP contribution in [0.2, 0.25) is 0 Å². The van der Waals surface area contributed by atoms with Crippen LogP contribution in [0.25, 0.3) is 118 Å². The average Bonchev–Trinajstić information content (AvgIpc) is 3.78. The average molecular weight is 907 g/mol. The monoisotopic (exact) mass is 906 g/mol. The molecule has 8 heteroatoms. The lowest BCUT2D eigenvalue weighted by Crippen LogP contribution is -2.03. The Hall–Kier alpha value is -10.2. The van der Waals surface area contributed by atoms with Gasteiger partial charge in [0.15, 0.2) is 23.3 Å². The van der Waals surface area contributed by atoms with E-state index in [-0.39, 0.29) is 0 Å². The zero-order chi connectivity index (χ0) is 47.7. The summed E-state index contributed by atoms with van der Waals surface area (Å²) in [4.78, 5) is 25.5. The van der Waals surface area contributed by atoms with E-state index in [1.54, 1.807) is 0 Å². The number of hydrogen-bond donors (Lipinski definition) is 0. The van der Waals surface area contributed by atoms with E-state index < -0.39 is 0 Å². The van der Waals surface area contributed by atoms with Gasteiger partial charge in [-0.15, -0.1) is 0 Å². The van der Waals surface area contributed by atoms with Crippen molar-refractivity contribution in [3.63, 3.8) is 0 Å². The van der Waals surface area contributed by atoms with Crippen molar-refractivity contribution in [2.75, 3.05) is 0 Å². The molecule has 0 amide bonds. The van der Waals surface area contributed by atoms with Gasteiger partial charge in [0.25, 0.3) is 0 Å². The summed E-state index contributed by atoms with van der Waals surface area (Å²) >= 11 is 0. The Kier molecular flexibility index (Phi) is 10.8. The number of benzene rings is 9. The Morgan fingerprint density at radius 1 is 0.296 bits per heavy atom. The van der Waals surface area contributed by atoms with Gasteiger partial charge in [0.05, 0.1) is 51.4 Å². The summed E-state index contributed by atoms with van der Waals surface area (Å²) in [5.74, 6) is 2.35. The molecule has 8 nitrogen and oxygen atoms in total. The van der Waals surface area contributed by atoms with E-state index >= 15 is 0 Å². The molecular formula is C63H38N8. The van der Waals surface area contributed by atoms with Crippen LogP contribution in [0.3, 0.4) is 0 Å². The molecule has 0 unspecified atom stereocenters. The molecule has 12 rings (SSSR count). The Morgan fingerprint density at radius 3 is 1.18 bits per heavy atom. The molecule has 0 bridgehead atoms. The first-order valence-corrected chi connectivity index (χ1v) is 23.2. The van der Waals surface area contributed by atoms with E-state index in [1.807, 2.05) is 158 Å². The normalized spacial score (nSPS) is 11.1. The van der Waals surface area contributed by atoms with E-state index in [4.69, 9.17) is 24.9 Å². The lowest BCUT2D eigenvalue weighted by molar-refractivity contribution is 1.07. The van der Waals surface area contributed by atoms with E-state index in [9.17, 15) is 10.5 Å². The van der Waals surface area contributed by atoms with Crippen LogP contribution in [0.15, 0.2) is 231 Å². The highest BCUT2D eigenvalue weighted by atomic mass is 15.0. The third-order valence-electron chi connectivity index (χ3n) is 12.7. The van der Waals surface area contributed by atoms with Crippen LogP contribution in [0, 0.1) is 22.7 Å². The SMILES string of the molecule is N#Cc1ccc(-c2cc(-c3cc(-c4ccccc4)nc(-c4ccccc4)n3)cc(-c3ccc(C#N)cc3)c2-n2c3ccccc3c3cc(-c4nc(-c5ccccc5)nc(-c5ccccc5)n4)ccc32)cc1. The molecule has 330 valence electrons. The van der Waals surface area contributed by atoms with E-state index in [0.29, 0.717) is 34.4 Å². The van der Waals surface area contributed by atoms with Gasteiger partial charge in [0.2, 0.25) is 0 Å². The van der Waals surface area contributed by atoms with E-state index in [0.717, 1.165) is 94.5 Å². The third-order valence-corrected chi connectivity index (χ3v) is 12.7. The van der Waals surface area contributed by atoms with Gasteiger partial charge in [-0.3, -0.25) is 0 Å². The van der Waals surface area contributed by atoms with Gasteiger partial charge in [0.1, 0.15) is 0 Å². The summed E-state index contributed by atoms with van der Waals surface area (Å²) in [5.41, 5.74) is 14.5. The minimum atomic E-state index is 0.558. The fourth-order valence-electron chi connectivity index (χ4n) is 9.27. The molecule has 71 heavy (non-hydrogen) atoms. The number of para-hydroxylation sites is 1. The molecule has 9 aromatic carbocycles. The first-order chi connectivity index (χ1) is 35.1. The molecule has 12 aromatic rings. The third kappa shape index (κ3) is 8.04. The van der Waals surface area contributed by atoms with Crippen molar-refractivity contribution in [1.29, 1.82) is 10.5 Å². The van der Waals surface area contributed by atoms with Crippen LogP contribution in [0.4, 0.5) is 0 Å². The predicted molar refractivity (Wildman–Crippen MR) is 283 cm³/mol. The highest BCUT2D eigenvalue weighted by Gasteiger charge is 2.24. The molecule has 0 aliphatic rings. The molecule has 0 saturated heterocycles. The fourth-order valence-corrected chi connectivity index (χ4v) is 9.27. The minimum absolute atomic E-state index is 0.558. The molecular weight excluding hydrogens is 869 g/mol. The molecule has 3 heterocycles. The first-order valence-electron chi connectivity index (χ1n) is 23.2. The van der Waals surface area contributed by atoms with Crippen molar-refractivity contribution >= 4 is 21.8 Å². The molecule has 0 aliphatic carbocycles. The second-order valence-electron chi connectivity index (χ2n) is 17.1. The summed E-state index contributed by atoms with van der Waals surface area (Å²) in [6.07, 6.45) is 0. The second kappa shape index (κ2) is 18.2. The van der Waals surface area contributed by atoms with Gasteiger partial charge in [-0.05, 0) is 77.9 Å². The largest absolute Gasteiger partial charge is 0.308 e. The van der Waals surface area contributed by atoms with Gasteiger partial charge in [0, 0.05) is 55.3 Å². The Bertz CT molecular complexity index is 3830.